The Bertz CT molecular complexity index is 472. The van der Waals surface area contributed by atoms with Gasteiger partial charge < -0.3 is 14.7 Å². The van der Waals surface area contributed by atoms with Crippen molar-refractivity contribution in [3.05, 3.63) is 29.0 Å². The van der Waals surface area contributed by atoms with Gasteiger partial charge in [0.1, 0.15) is 0 Å². The normalized spacial score (nSPS) is 10.8. The number of benzene rings is 1. The number of aliphatic hydroxyl groups excluding tert-OH is 1. The summed E-state index contributed by atoms with van der Waals surface area (Å²) in [5.41, 5.74) is 2.06. The summed E-state index contributed by atoms with van der Waals surface area (Å²) in [5.74, 6) is 0. The van der Waals surface area contributed by atoms with Crippen LogP contribution < -0.4 is 0 Å². The highest BCUT2D eigenvalue weighted by Crippen LogP contribution is 2.12. The van der Waals surface area contributed by atoms with E-state index >= 15 is 0 Å². The van der Waals surface area contributed by atoms with Crippen LogP contribution in [0.1, 0.15) is 0 Å². The van der Waals surface area contributed by atoms with Gasteiger partial charge in [-0.3, -0.25) is 0 Å². The molecule has 0 aliphatic carbocycles. The summed E-state index contributed by atoms with van der Waals surface area (Å²) in [6, 6.07) is 7.87. The van der Waals surface area contributed by atoms with E-state index in [-0.39, 0.29) is 6.61 Å². The molecule has 13 heavy (non-hydrogen) atoms. The van der Waals surface area contributed by atoms with Crippen LogP contribution in [0, 0.1) is 4.77 Å². The maximum absolute atomic E-state index is 8.84. The summed E-state index contributed by atoms with van der Waals surface area (Å²) in [5, 5.41) is 8.84. The Hall–Kier alpha value is -1.13. The second-order valence-corrected chi connectivity index (χ2v) is 3.21. The number of aliphatic hydroxyl groups is 1. The van der Waals surface area contributed by atoms with Crippen LogP contribution >= 0.6 is 12.2 Å². The second-order valence-electron chi connectivity index (χ2n) is 2.82. The summed E-state index contributed by atoms with van der Waals surface area (Å²) in [4.78, 5) is 3.08. The Labute approximate surface area is 80.6 Å². The maximum Gasteiger partial charge on any atom is 0.178 e. The standard InChI is InChI=1S/C9H10N2OS/c12-6-5-11-8-4-2-1-3-7(8)10-9(11)13/h1-4,12H,5-6H2,(H,10,13). The SMILES string of the molecule is OCCn1c(=S)[nH]c2ccccc21. The molecule has 1 aromatic carbocycles. The molecule has 3 nitrogen and oxygen atoms in total. The Morgan fingerprint density at radius 3 is 2.92 bits per heavy atom. The number of para-hydroxylation sites is 2. The molecule has 1 heterocycles. The van der Waals surface area contributed by atoms with Crippen molar-refractivity contribution in [1.29, 1.82) is 0 Å². The van der Waals surface area contributed by atoms with Gasteiger partial charge in [-0.2, -0.15) is 0 Å². The molecule has 0 aliphatic heterocycles. The van der Waals surface area contributed by atoms with E-state index in [1.165, 1.54) is 0 Å². The van der Waals surface area contributed by atoms with Crippen molar-refractivity contribution in [2.75, 3.05) is 6.61 Å². The van der Waals surface area contributed by atoms with Gasteiger partial charge in [-0.15, -0.1) is 0 Å². The molecule has 0 saturated carbocycles. The Kier molecular flexibility index (Phi) is 2.16. The number of imidazole rings is 1. The summed E-state index contributed by atoms with van der Waals surface area (Å²) in [6.07, 6.45) is 0. The van der Waals surface area contributed by atoms with Gasteiger partial charge in [0.15, 0.2) is 4.77 Å². The van der Waals surface area contributed by atoms with Gasteiger partial charge in [0.25, 0.3) is 0 Å². The lowest BCUT2D eigenvalue weighted by molar-refractivity contribution is 0.277. The lowest BCUT2D eigenvalue weighted by Crippen LogP contribution is -2.01. The van der Waals surface area contributed by atoms with Gasteiger partial charge in [-0.05, 0) is 24.4 Å². The third-order valence-electron chi connectivity index (χ3n) is 2.01. The zero-order valence-electron chi connectivity index (χ0n) is 7.03. The summed E-state index contributed by atoms with van der Waals surface area (Å²) in [7, 11) is 0. The number of nitrogens with one attached hydrogen (secondary N) is 1. The van der Waals surface area contributed by atoms with Gasteiger partial charge >= 0.3 is 0 Å². The predicted molar refractivity (Wildman–Crippen MR) is 54.2 cm³/mol. The van der Waals surface area contributed by atoms with Crippen LogP contribution in [0.3, 0.4) is 0 Å². The Balaban J connectivity index is 2.71. The van der Waals surface area contributed by atoms with E-state index in [0.29, 0.717) is 11.3 Å². The van der Waals surface area contributed by atoms with Crippen LogP contribution in [0.5, 0.6) is 0 Å². The molecule has 0 unspecified atom stereocenters. The largest absolute Gasteiger partial charge is 0.395 e. The van der Waals surface area contributed by atoms with E-state index in [9.17, 15) is 0 Å². The summed E-state index contributed by atoms with van der Waals surface area (Å²) in [6.45, 7) is 0.652. The molecule has 4 heteroatoms. The molecule has 0 aliphatic rings. The highest BCUT2D eigenvalue weighted by molar-refractivity contribution is 7.71. The molecule has 2 aromatic rings. The number of hydrogen-bond acceptors (Lipinski definition) is 2. The lowest BCUT2D eigenvalue weighted by Gasteiger charge is -1.99. The Morgan fingerprint density at radius 2 is 2.15 bits per heavy atom. The fourth-order valence-corrected chi connectivity index (χ4v) is 1.73. The topological polar surface area (TPSA) is 41.0 Å². The molecule has 0 amide bonds. The highest BCUT2D eigenvalue weighted by atomic mass is 32.1. The molecule has 2 rings (SSSR count). The molecule has 0 atom stereocenters. The van der Waals surface area contributed by atoms with E-state index in [4.69, 9.17) is 17.3 Å². The zero-order valence-corrected chi connectivity index (χ0v) is 7.84. The number of hydrogen-bond donors (Lipinski definition) is 2. The van der Waals surface area contributed by atoms with Crippen LogP contribution in [0.4, 0.5) is 0 Å². The zero-order chi connectivity index (χ0) is 9.26. The molecule has 2 N–H and O–H groups in total. The first-order chi connectivity index (χ1) is 6.33. The van der Waals surface area contributed by atoms with Crippen LogP contribution in [0.25, 0.3) is 11.0 Å². The number of aromatic amines is 1. The van der Waals surface area contributed by atoms with Crippen LogP contribution in [-0.2, 0) is 6.54 Å². The number of fused-ring (bicyclic) bond motifs is 1. The summed E-state index contributed by atoms with van der Waals surface area (Å²) < 4.78 is 2.56. The van der Waals surface area contributed by atoms with Crippen LogP contribution in [0.2, 0.25) is 0 Å². The molecular formula is C9H10N2OS. The molecule has 0 radical (unpaired) electrons. The fraction of sp³-hybridized carbons (Fsp3) is 0.222. The first-order valence-corrected chi connectivity index (χ1v) is 4.52. The third kappa shape index (κ3) is 1.38. The molecule has 0 bridgehead atoms. The predicted octanol–water partition coefficient (Wildman–Crippen LogP) is 1.69. The second kappa shape index (κ2) is 3.32. The monoisotopic (exact) mass is 194 g/mol. The minimum absolute atomic E-state index is 0.107. The first-order valence-electron chi connectivity index (χ1n) is 4.11. The average Bonchev–Trinajstić information content (AvgIpc) is 2.44. The van der Waals surface area contributed by atoms with Crippen LogP contribution in [0.15, 0.2) is 24.3 Å². The Morgan fingerprint density at radius 1 is 1.38 bits per heavy atom. The molecule has 68 valence electrons. The minimum Gasteiger partial charge on any atom is -0.395 e. The molecule has 0 fully saturated rings. The van der Waals surface area contributed by atoms with E-state index < -0.39 is 0 Å². The highest BCUT2D eigenvalue weighted by Gasteiger charge is 2.01. The van der Waals surface area contributed by atoms with E-state index in [2.05, 4.69) is 4.98 Å². The van der Waals surface area contributed by atoms with E-state index in [1.807, 2.05) is 28.8 Å². The van der Waals surface area contributed by atoms with Gasteiger partial charge in [0.2, 0.25) is 0 Å². The first kappa shape index (κ1) is 8.47. The van der Waals surface area contributed by atoms with Crippen molar-refractivity contribution < 1.29 is 5.11 Å². The molecule has 1 aromatic heterocycles. The van der Waals surface area contributed by atoms with Gasteiger partial charge in [0.05, 0.1) is 17.6 Å². The van der Waals surface area contributed by atoms with Crippen molar-refractivity contribution in [1.82, 2.24) is 9.55 Å². The average molecular weight is 194 g/mol. The number of H-pyrrole nitrogens is 1. The number of nitrogens with zero attached hydrogens (tertiary/aromatic N) is 1. The van der Waals surface area contributed by atoms with Gasteiger partial charge in [0, 0.05) is 6.54 Å². The third-order valence-corrected chi connectivity index (χ3v) is 2.33. The quantitative estimate of drug-likeness (QED) is 0.714. The van der Waals surface area contributed by atoms with Gasteiger partial charge in [-0.25, -0.2) is 0 Å². The van der Waals surface area contributed by atoms with Crippen molar-refractivity contribution in [2.45, 2.75) is 6.54 Å². The molecular weight excluding hydrogens is 184 g/mol. The van der Waals surface area contributed by atoms with Crippen molar-refractivity contribution in [3.63, 3.8) is 0 Å². The number of rotatable bonds is 2. The lowest BCUT2D eigenvalue weighted by atomic mass is 10.3. The summed E-state index contributed by atoms with van der Waals surface area (Å²) >= 11 is 5.11. The smallest absolute Gasteiger partial charge is 0.178 e. The van der Waals surface area contributed by atoms with E-state index in [0.717, 1.165) is 11.0 Å². The molecule has 0 saturated heterocycles. The molecule has 0 spiro atoms. The van der Waals surface area contributed by atoms with Gasteiger partial charge in [-0.1, -0.05) is 12.1 Å². The maximum atomic E-state index is 8.84. The number of aromatic nitrogens is 2. The van der Waals surface area contributed by atoms with E-state index in [1.54, 1.807) is 0 Å². The fourth-order valence-electron chi connectivity index (χ4n) is 1.43. The van der Waals surface area contributed by atoms with Crippen LogP contribution in [-0.4, -0.2) is 21.3 Å². The minimum atomic E-state index is 0.107. The van der Waals surface area contributed by atoms with Crippen molar-refractivity contribution >= 4 is 23.3 Å². The van der Waals surface area contributed by atoms with Crippen molar-refractivity contribution in [3.8, 4) is 0 Å². The van der Waals surface area contributed by atoms with Crippen molar-refractivity contribution in [2.24, 2.45) is 0 Å².